The van der Waals surface area contributed by atoms with E-state index in [-0.39, 0.29) is 34.4 Å². The molecule has 1 heterocycles. The number of anilines is 1. The molecule has 13 heteroatoms. The molecule has 0 atom stereocenters. The lowest BCUT2D eigenvalue weighted by molar-refractivity contribution is 0.0138. The van der Waals surface area contributed by atoms with E-state index >= 15 is 0 Å². The highest BCUT2D eigenvalue weighted by Crippen LogP contribution is 2.40. The summed E-state index contributed by atoms with van der Waals surface area (Å²) < 4.78 is 21.7. The molecule has 3 amide bonds. The third-order valence-corrected chi connectivity index (χ3v) is 6.31. The molecule has 42 heavy (non-hydrogen) atoms. The zero-order valence-corrected chi connectivity index (χ0v) is 27.7. The molecule has 0 radical (unpaired) electrons. The fraction of sp³-hybridized carbons (Fsp3) is 0.655. The second-order valence-electron chi connectivity index (χ2n) is 12.8. The highest BCUT2D eigenvalue weighted by molar-refractivity contribution is 6.40. The zero-order valence-electron chi connectivity index (χ0n) is 26.2. The Balaban J connectivity index is 2.55. The molecule has 0 spiro atoms. The number of rotatable bonds is 5. The van der Waals surface area contributed by atoms with E-state index in [1.54, 1.807) is 74.1 Å². The summed E-state index contributed by atoms with van der Waals surface area (Å²) in [6.45, 7) is 18.8. The second-order valence-corrected chi connectivity index (χ2v) is 13.6. The van der Waals surface area contributed by atoms with Crippen LogP contribution < -0.4 is 4.90 Å². The van der Waals surface area contributed by atoms with Crippen molar-refractivity contribution in [1.82, 2.24) is 9.80 Å². The van der Waals surface area contributed by atoms with Crippen molar-refractivity contribution in [1.29, 1.82) is 0 Å². The Hall–Kier alpha value is -2.76. The van der Waals surface area contributed by atoms with Gasteiger partial charge in [0.2, 0.25) is 0 Å². The first-order valence-corrected chi connectivity index (χ1v) is 14.5. The minimum Gasteiger partial charge on any atom is -0.462 e. The van der Waals surface area contributed by atoms with Gasteiger partial charge in [0, 0.05) is 43.3 Å². The predicted octanol–water partition coefficient (Wildman–Crippen LogP) is 6.90. The Kier molecular flexibility index (Phi) is 11.6. The van der Waals surface area contributed by atoms with Crippen molar-refractivity contribution in [3.63, 3.8) is 0 Å². The molecule has 2 rings (SSSR count). The standard InChI is InChI=1S/C29H43Cl2N3O8/c1-11-39-23(35)18-16-20(30)19(17-32-12-14-33(15-13-32)24(36)40-27(2,3)4)21(31)22(18)34(25(37)41-28(5,6)7)26(38)42-29(8,9)10/h16H,11-15,17H2,1-10H3. The summed E-state index contributed by atoms with van der Waals surface area (Å²) in [4.78, 5) is 56.7. The van der Waals surface area contributed by atoms with Crippen molar-refractivity contribution in [2.75, 3.05) is 37.7 Å². The maximum absolute atomic E-state index is 13.5. The van der Waals surface area contributed by atoms with Crippen molar-refractivity contribution in [2.45, 2.75) is 92.6 Å². The van der Waals surface area contributed by atoms with Gasteiger partial charge < -0.3 is 23.8 Å². The quantitative estimate of drug-likeness (QED) is 0.253. The normalized spacial score (nSPS) is 14.7. The molecule has 1 aromatic rings. The van der Waals surface area contributed by atoms with E-state index in [0.717, 1.165) is 0 Å². The third-order valence-electron chi connectivity index (χ3n) is 5.56. The lowest BCUT2D eigenvalue weighted by Gasteiger charge is -2.36. The van der Waals surface area contributed by atoms with Gasteiger partial charge >= 0.3 is 24.2 Å². The molecule has 0 aliphatic carbocycles. The van der Waals surface area contributed by atoms with Crippen LogP contribution in [0.25, 0.3) is 0 Å². The summed E-state index contributed by atoms with van der Waals surface area (Å²) in [5.41, 5.74) is -2.69. The Labute approximate surface area is 258 Å². The highest BCUT2D eigenvalue weighted by Gasteiger charge is 2.38. The van der Waals surface area contributed by atoms with Gasteiger partial charge in [-0.1, -0.05) is 23.2 Å². The molecule has 0 N–H and O–H groups in total. The molecular formula is C29H43Cl2N3O8. The maximum atomic E-state index is 13.5. The minimum atomic E-state index is -1.09. The fourth-order valence-corrected chi connectivity index (χ4v) is 4.55. The third kappa shape index (κ3) is 10.2. The number of hydrogen-bond acceptors (Lipinski definition) is 9. The lowest BCUT2D eigenvalue weighted by Crippen LogP contribution is -2.49. The Morgan fingerprint density at radius 2 is 1.29 bits per heavy atom. The van der Waals surface area contributed by atoms with Crippen LogP contribution in [-0.2, 0) is 25.5 Å². The summed E-state index contributed by atoms with van der Waals surface area (Å²) in [6.07, 6.45) is -2.59. The molecule has 0 saturated carbocycles. The first-order chi connectivity index (χ1) is 19.1. The average molecular weight is 633 g/mol. The molecule has 0 aromatic heterocycles. The van der Waals surface area contributed by atoms with Crippen LogP contribution in [0.5, 0.6) is 0 Å². The van der Waals surface area contributed by atoms with Crippen LogP contribution in [-0.4, -0.2) is 83.6 Å². The number of ether oxygens (including phenoxy) is 4. The van der Waals surface area contributed by atoms with Gasteiger partial charge in [-0.25, -0.2) is 19.2 Å². The molecule has 1 saturated heterocycles. The van der Waals surface area contributed by atoms with Gasteiger partial charge in [-0.2, -0.15) is 4.90 Å². The number of nitrogens with zero attached hydrogens (tertiary/aromatic N) is 3. The number of carbonyl (C=O) groups excluding carboxylic acids is 4. The number of hydrogen-bond donors (Lipinski definition) is 0. The first-order valence-electron chi connectivity index (χ1n) is 13.8. The summed E-state index contributed by atoms with van der Waals surface area (Å²) in [5.74, 6) is -0.842. The second kappa shape index (κ2) is 13.7. The van der Waals surface area contributed by atoms with Crippen molar-refractivity contribution >= 4 is 53.1 Å². The largest absolute Gasteiger partial charge is 0.462 e. The number of amides is 3. The Morgan fingerprint density at radius 1 is 0.810 bits per heavy atom. The molecule has 0 unspecified atom stereocenters. The highest BCUT2D eigenvalue weighted by atomic mass is 35.5. The summed E-state index contributed by atoms with van der Waals surface area (Å²) in [7, 11) is 0. The summed E-state index contributed by atoms with van der Waals surface area (Å²) in [5, 5.41) is 0.0199. The Morgan fingerprint density at radius 3 is 1.71 bits per heavy atom. The zero-order chi connectivity index (χ0) is 32.2. The first kappa shape index (κ1) is 35.4. The molecule has 1 aliphatic heterocycles. The van der Waals surface area contributed by atoms with Gasteiger partial charge in [-0.05, 0) is 75.3 Å². The topological polar surface area (TPSA) is 115 Å². The molecule has 0 bridgehead atoms. The number of benzene rings is 1. The van der Waals surface area contributed by atoms with Gasteiger partial charge in [0.15, 0.2) is 0 Å². The van der Waals surface area contributed by atoms with E-state index < -0.39 is 41.1 Å². The SMILES string of the molecule is CCOC(=O)c1cc(Cl)c(CN2CCN(C(=O)OC(C)(C)C)CC2)c(Cl)c1N(C(=O)OC(C)(C)C)C(=O)OC(C)(C)C. The van der Waals surface area contributed by atoms with E-state index in [9.17, 15) is 19.2 Å². The van der Waals surface area contributed by atoms with Gasteiger partial charge in [-0.15, -0.1) is 0 Å². The molecule has 236 valence electrons. The molecule has 11 nitrogen and oxygen atoms in total. The van der Waals surface area contributed by atoms with E-state index in [4.69, 9.17) is 42.1 Å². The van der Waals surface area contributed by atoms with E-state index in [2.05, 4.69) is 0 Å². The van der Waals surface area contributed by atoms with Crippen molar-refractivity contribution < 1.29 is 38.1 Å². The lowest BCUT2D eigenvalue weighted by atomic mass is 10.1. The fourth-order valence-electron chi connectivity index (χ4n) is 3.89. The maximum Gasteiger partial charge on any atom is 0.424 e. The smallest absolute Gasteiger partial charge is 0.424 e. The average Bonchev–Trinajstić information content (AvgIpc) is 2.80. The molecule has 1 aromatic carbocycles. The van der Waals surface area contributed by atoms with Crippen LogP contribution in [0.3, 0.4) is 0 Å². The molecular weight excluding hydrogens is 589 g/mol. The van der Waals surface area contributed by atoms with Crippen molar-refractivity contribution in [3.8, 4) is 0 Å². The summed E-state index contributed by atoms with van der Waals surface area (Å²) in [6, 6.07) is 1.31. The number of esters is 1. The van der Waals surface area contributed by atoms with Gasteiger partial charge in [0.05, 0.1) is 22.9 Å². The van der Waals surface area contributed by atoms with Crippen molar-refractivity contribution in [2.24, 2.45) is 0 Å². The molecule has 1 aliphatic rings. The van der Waals surface area contributed by atoms with Gasteiger partial charge in [-0.3, -0.25) is 4.90 Å². The van der Waals surface area contributed by atoms with Crippen LogP contribution in [0.1, 0.15) is 85.2 Å². The summed E-state index contributed by atoms with van der Waals surface area (Å²) >= 11 is 13.5. The van der Waals surface area contributed by atoms with E-state index in [1.807, 2.05) is 4.90 Å². The van der Waals surface area contributed by atoms with Crippen LogP contribution in [0.15, 0.2) is 6.07 Å². The monoisotopic (exact) mass is 631 g/mol. The van der Waals surface area contributed by atoms with E-state index in [1.165, 1.54) is 6.07 Å². The number of imide groups is 1. The predicted molar refractivity (Wildman–Crippen MR) is 160 cm³/mol. The van der Waals surface area contributed by atoms with Gasteiger partial charge in [0.1, 0.15) is 16.8 Å². The van der Waals surface area contributed by atoms with Crippen molar-refractivity contribution in [3.05, 3.63) is 27.2 Å². The minimum absolute atomic E-state index is 0.0239. The number of piperazine rings is 1. The van der Waals surface area contributed by atoms with Gasteiger partial charge in [0.25, 0.3) is 0 Å². The van der Waals surface area contributed by atoms with Crippen LogP contribution in [0.2, 0.25) is 10.0 Å². The van der Waals surface area contributed by atoms with E-state index in [0.29, 0.717) is 36.6 Å². The van der Waals surface area contributed by atoms with Crippen LogP contribution in [0.4, 0.5) is 20.1 Å². The Bertz CT molecular complexity index is 1150. The number of halogens is 2. The number of carbonyl (C=O) groups is 4. The van der Waals surface area contributed by atoms with Crippen LogP contribution >= 0.6 is 23.2 Å². The van der Waals surface area contributed by atoms with Crippen LogP contribution in [0, 0.1) is 0 Å². The molecule has 1 fully saturated rings.